The number of nitrogens with one attached hydrogen (secondary N) is 2. The Kier molecular flexibility index (Phi) is 22.4. The monoisotopic (exact) mass is 734 g/mol. The third-order valence-electron chi connectivity index (χ3n) is 5.72. The minimum absolute atomic E-state index is 0.177. The molecule has 4 aromatic rings. The topological polar surface area (TPSA) is 165 Å². The molecule has 0 fully saturated rings. The number of hydrogen-bond donors (Lipinski definition) is 5. The summed E-state index contributed by atoms with van der Waals surface area (Å²) in [7, 11) is 0. The number of rotatable bonds is 7. The molecule has 0 atom stereocenters. The number of primary amides is 1. The zero-order chi connectivity index (χ0) is 34.9. The van der Waals surface area contributed by atoms with E-state index in [0.29, 0.717) is 5.56 Å². The van der Waals surface area contributed by atoms with Crippen LogP contribution in [0, 0.1) is 27.7 Å². The van der Waals surface area contributed by atoms with Gasteiger partial charge in [0.25, 0.3) is 0 Å². The maximum atomic E-state index is 10.8. The Balaban J connectivity index is 0.000000585. The Labute approximate surface area is 286 Å². The van der Waals surface area contributed by atoms with Gasteiger partial charge in [-0.15, -0.1) is 0 Å². The summed E-state index contributed by atoms with van der Waals surface area (Å²) in [5, 5.41) is 12.9. The van der Waals surface area contributed by atoms with E-state index in [9.17, 15) is 19.2 Å². The number of nitrogens with two attached hydrogens (primary N) is 2. The molecule has 0 saturated carbocycles. The summed E-state index contributed by atoms with van der Waals surface area (Å²) in [5.74, 6) is -2.44. The van der Waals surface area contributed by atoms with Gasteiger partial charge >= 0.3 is 33.9 Å². The fourth-order valence-corrected chi connectivity index (χ4v) is 3.38. The van der Waals surface area contributed by atoms with E-state index in [0.717, 1.165) is 5.56 Å². The van der Waals surface area contributed by atoms with Crippen LogP contribution in [-0.2, 0) is 14.4 Å². The first kappa shape index (κ1) is 41.5. The Morgan fingerprint density at radius 2 is 1.07 bits per heavy atom. The van der Waals surface area contributed by atoms with Gasteiger partial charge in [-0.25, -0.2) is 4.79 Å². The van der Waals surface area contributed by atoms with Crippen molar-refractivity contribution in [2.75, 3.05) is 19.6 Å². The number of amides is 3. The molecule has 0 heterocycles. The average molecular weight is 736 g/mol. The van der Waals surface area contributed by atoms with Crippen molar-refractivity contribution in [1.82, 2.24) is 10.6 Å². The molecule has 46 heavy (non-hydrogen) atoms. The Morgan fingerprint density at radius 1 is 0.609 bits per heavy atom. The quantitative estimate of drug-likeness (QED) is 0.175. The van der Waals surface area contributed by atoms with Crippen LogP contribution in [0.3, 0.4) is 0 Å². The van der Waals surface area contributed by atoms with Gasteiger partial charge < -0.3 is 27.2 Å². The molecule has 7 N–H and O–H groups in total. The van der Waals surface area contributed by atoms with Crippen molar-refractivity contribution in [3.8, 4) is 11.1 Å². The van der Waals surface area contributed by atoms with Crippen LogP contribution in [0.25, 0.3) is 11.1 Å². The number of carboxylic acid groups (broad SMARTS) is 1. The number of hydrogen-bond acceptors (Lipinski definition) is 5. The molecule has 0 aliphatic carbocycles. The van der Waals surface area contributed by atoms with Gasteiger partial charge in [-0.3, -0.25) is 14.4 Å². The summed E-state index contributed by atoms with van der Waals surface area (Å²) in [6, 6.07) is 34.2. The molecule has 0 unspecified atom stereocenters. The van der Waals surface area contributed by atoms with Gasteiger partial charge in [-0.2, -0.15) is 0 Å². The first-order valence-corrected chi connectivity index (χ1v) is 16.9. The van der Waals surface area contributed by atoms with Crippen molar-refractivity contribution in [2.24, 2.45) is 11.5 Å². The van der Waals surface area contributed by atoms with E-state index in [1.54, 1.807) is 47.3 Å². The average Bonchev–Trinajstić information content (AvgIpc) is 3.05. The van der Waals surface area contributed by atoms with Crippen LogP contribution in [0.2, 0.25) is 4.87 Å². The van der Waals surface area contributed by atoms with E-state index in [1.165, 1.54) is 27.8 Å². The predicted octanol–water partition coefficient (Wildman–Crippen LogP) is 4.52. The van der Waals surface area contributed by atoms with Crippen LogP contribution in [0.1, 0.15) is 32.6 Å². The van der Waals surface area contributed by atoms with E-state index in [1.807, 2.05) is 13.0 Å². The second kappa shape index (κ2) is 24.8. The number of carbonyl (C=O) groups is 4. The van der Waals surface area contributed by atoms with E-state index in [4.69, 9.17) is 16.6 Å². The molecule has 0 aliphatic heterocycles. The van der Waals surface area contributed by atoms with Crippen LogP contribution in [-0.4, -0.2) is 71.5 Å². The molecule has 2 radical (unpaired) electrons. The predicted molar refractivity (Wildman–Crippen MR) is 187 cm³/mol. The summed E-state index contributed by atoms with van der Waals surface area (Å²) < 4.78 is 0. The molecule has 9 nitrogen and oxygen atoms in total. The van der Waals surface area contributed by atoms with Crippen LogP contribution in [0.5, 0.6) is 0 Å². The summed E-state index contributed by atoms with van der Waals surface area (Å²) >= 11 is 1.75. The summed E-state index contributed by atoms with van der Waals surface area (Å²) in [4.78, 5) is 43.9. The standard InChI is InChI=1S/C13H12.C8H8O2.C8H10.C6H12N4O3.CH3.Sb/c1-11-7-9-13(10-8-11)12-5-3-2-4-6-12;1-6-2-4-7(5-3-6)8(9)10;1-7-4-3-5-8(2)6-7;7-1-5(12)10-3-6(13)9-2-4(8)11;;/h2-10H,1H3;2-5H,1H3,(H,9,10);3-6H,1-2H3;1-3,7H2,(H2,8,11)(H,9,13)(H,10,12);1H3;. The molecular formula is C36H45N4O5Sb. The molecular weight excluding hydrogens is 690 g/mol. The third kappa shape index (κ3) is 20.5. The number of aryl methyl sites for hydroxylation is 4. The van der Waals surface area contributed by atoms with Crippen molar-refractivity contribution >= 4 is 46.7 Å². The fraction of sp³-hybridized carbons (Fsp3) is 0.222. The zero-order valence-electron chi connectivity index (χ0n) is 27.1. The number of aromatic carboxylic acids is 1. The van der Waals surface area contributed by atoms with Gasteiger partial charge in [-0.1, -0.05) is 113 Å². The van der Waals surface area contributed by atoms with Gasteiger partial charge in [0.05, 0.1) is 25.2 Å². The van der Waals surface area contributed by atoms with Crippen LogP contribution >= 0.6 is 0 Å². The number of carbonyl (C=O) groups excluding carboxylic acids is 3. The van der Waals surface area contributed by atoms with Gasteiger partial charge in [0.15, 0.2) is 0 Å². The second-order valence-corrected chi connectivity index (χ2v) is 9.79. The summed E-state index contributed by atoms with van der Waals surface area (Å²) in [6.07, 6.45) is 0. The van der Waals surface area contributed by atoms with E-state index in [-0.39, 0.29) is 19.6 Å². The fourth-order valence-electron chi connectivity index (χ4n) is 3.38. The zero-order valence-corrected chi connectivity index (χ0v) is 29.7. The molecule has 10 heteroatoms. The molecule has 4 rings (SSSR count). The van der Waals surface area contributed by atoms with Crippen molar-refractivity contribution in [1.29, 1.82) is 0 Å². The second-order valence-electron chi connectivity index (χ2n) is 9.79. The van der Waals surface area contributed by atoms with Gasteiger partial charge in [0, 0.05) is 0 Å². The van der Waals surface area contributed by atoms with Gasteiger partial charge in [0.2, 0.25) is 17.7 Å². The van der Waals surface area contributed by atoms with Crippen LogP contribution < -0.4 is 22.1 Å². The molecule has 0 bridgehead atoms. The van der Waals surface area contributed by atoms with Gasteiger partial charge in [0.1, 0.15) is 0 Å². The van der Waals surface area contributed by atoms with Crippen molar-refractivity contribution in [3.05, 3.63) is 131 Å². The normalized spacial score (nSPS) is 9.11. The number of benzene rings is 4. The maximum absolute atomic E-state index is 10.8. The first-order chi connectivity index (χ1) is 21.9. The Bertz CT molecular complexity index is 1440. The Hall–Kier alpha value is -4.46. The van der Waals surface area contributed by atoms with Crippen LogP contribution in [0.15, 0.2) is 103 Å². The third-order valence-corrected chi connectivity index (χ3v) is 5.72. The summed E-state index contributed by atoms with van der Waals surface area (Å²) in [6.45, 7) is 7.62. The molecule has 3 amide bonds. The minimum atomic E-state index is -0.875. The summed E-state index contributed by atoms with van der Waals surface area (Å²) in [5.41, 5.74) is 17.7. The van der Waals surface area contributed by atoms with Crippen molar-refractivity contribution < 1.29 is 24.3 Å². The van der Waals surface area contributed by atoms with Crippen LogP contribution in [0.4, 0.5) is 0 Å². The number of carboxylic acids is 1. The van der Waals surface area contributed by atoms with E-state index in [2.05, 4.69) is 109 Å². The Morgan fingerprint density at radius 3 is 1.48 bits per heavy atom. The van der Waals surface area contributed by atoms with Gasteiger partial charge in [-0.05, 0) is 51.0 Å². The van der Waals surface area contributed by atoms with E-state index < -0.39 is 23.7 Å². The first-order valence-electron chi connectivity index (χ1n) is 14.3. The molecule has 0 aliphatic rings. The van der Waals surface area contributed by atoms with Crippen molar-refractivity contribution in [3.63, 3.8) is 0 Å². The SMILES string of the molecule is Cc1ccc(-c2ccccc2)cc1.Cc1ccc(C(=O)O)cc1.Cc1cccc(C)c1.NCC(=O)NCC(=O)NCC(N)=O.[CH3][Sb]. The molecule has 0 aromatic heterocycles. The molecule has 244 valence electrons. The van der Waals surface area contributed by atoms with Crippen molar-refractivity contribution in [2.45, 2.75) is 32.6 Å². The van der Waals surface area contributed by atoms with E-state index >= 15 is 0 Å². The molecule has 0 saturated heterocycles. The molecule has 4 aromatic carbocycles. The molecule has 0 spiro atoms.